The number of benzene rings is 5. The number of hydrogen-bond donors (Lipinski definition) is 1. The van der Waals surface area contributed by atoms with Crippen LogP contribution in [0.25, 0.3) is 49.8 Å². The highest BCUT2D eigenvalue weighted by Gasteiger charge is 2.42. The van der Waals surface area contributed by atoms with Gasteiger partial charge in [0.15, 0.2) is 0 Å². The van der Waals surface area contributed by atoms with Gasteiger partial charge in [-0.1, -0.05) is 98.8 Å². The fraction of sp³-hybridized carbons (Fsp3) is 0.190. The van der Waals surface area contributed by atoms with Gasteiger partial charge >= 0.3 is 0 Å². The molecule has 0 spiro atoms. The van der Waals surface area contributed by atoms with E-state index in [9.17, 15) is 0 Å². The Kier molecular flexibility index (Phi) is 5.19. The molecule has 1 N–H and O–H groups in total. The van der Waals surface area contributed by atoms with Crippen LogP contribution >= 0.6 is 0 Å². The van der Waals surface area contributed by atoms with Gasteiger partial charge < -0.3 is 19.2 Å². The summed E-state index contributed by atoms with van der Waals surface area (Å²) in [6.07, 6.45) is 6.71. The van der Waals surface area contributed by atoms with Crippen molar-refractivity contribution in [3.05, 3.63) is 137 Å². The summed E-state index contributed by atoms with van der Waals surface area (Å²) in [5.74, 6) is 0.835. The van der Waals surface area contributed by atoms with E-state index in [2.05, 4.69) is 151 Å². The smallest absolute Gasteiger partial charge is 0.218 e. The third kappa shape index (κ3) is 3.39. The Balaban J connectivity index is 1.25. The fourth-order valence-corrected chi connectivity index (χ4v) is 8.80. The van der Waals surface area contributed by atoms with Crippen LogP contribution < -0.4 is 10.2 Å². The Morgan fingerprint density at radius 3 is 2.43 bits per heavy atom. The van der Waals surface area contributed by atoms with Crippen molar-refractivity contribution in [2.75, 3.05) is 17.3 Å². The Bertz CT molecular complexity index is 2420. The molecule has 224 valence electrons. The molecule has 4 nitrogen and oxygen atoms in total. The van der Waals surface area contributed by atoms with Gasteiger partial charge in [-0.2, -0.15) is 0 Å². The maximum absolute atomic E-state index is 6.54. The van der Waals surface area contributed by atoms with Crippen LogP contribution in [0.1, 0.15) is 60.4 Å². The largest absolute Gasteiger partial charge is 0.438 e. The minimum absolute atomic E-state index is 0.0321. The van der Waals surface area contributed by atoms with Crippen LogP contribution in [0.4, 0.5) is 11.6 Å². The Labute approximate surface area is 268 Å². The molecule has 3 aliphatic rings. The molecular formula is C42H35N3O. The molecule has 0 saturated heterocycles. The number of furan rings is 1. The molecular weight excluding hydrogens is 562 g/mol. The predicted molar refractivity (Wildman–Crippen MR) is 191 cm³/mol. The average Bonchev–Trinajstić information content (AvgIpc) is 3.69. The number of anilines is 2. The van der Waals surface area contributed by atoms with E-state index in [0.29, 0.717) is 0 Å². The van der Waals surface area contributed by atoms with Gasteiger partial charge in [0.2, 0.25) is 5.88 Å². The SMILES string of the molecule is CN1c2c(oc3ccccc23)NC(c2ccc3c(c2)-c2ccccc2C3(C)C)C1n1c2c(c3cc4ccccc4cc31)C=CCC2. The average molecular weight is 598 g/mol. The summed E-state index contributed by atoms with van der Waals surface area (Å²) >= 11 is 0. The Morgan fingerprint density at radius 2 is 1.54 bits per heavy atom. The summed E-state index contributed by atoms with van der Waals surface area (Å²) in [7, 11) is 2.25. The second-order valence-corrected chi connectivity index (χ2v) is 13.8. The number of hydrogen-bond acceptors (Lipinski definition) is 3. The molecule has 2 atom stereocenters. The number of rotatable bonds is 2. The molecule has 2 aliphatic carbocycles. The van der Waals surface area contributed by atoms with Crippen LogP contribution in [0.3, 0.4) is 0 Å². The molecule has 7 aromatic rings. The lowest BCUT2D eigenvalue weighted by atomic mass is 9.82. The van der Waals surface area contributed by atoms with E-state index in [1.165, 1.54) is 60.8 Å². The molecule has 0 radical (unpaired) electrons. The second-order valence-electron chi connectivity index (χ2n) is 13.8. The fourth-order valence-electron chi connectivity index (χ4n) is 8.80. The Morgan fingerprint density at radius 1 is 0.783 bits per heavy atom. The molecule has 0 fully saturated rings. The highest BCUT2D eigenvalue weighted by Crippen LogP contribution is 2.53. The molecule has 0 bridgehead atoms. The minimum Gasteiger partial charge on any atom is -0.438 e. The Hall–Kier alpha value is -5.22. The van der Waals surface area contributed by atoms with Crippen LogP contribution in [0, 0.1) is 0 Å². The van der Waals surface area contributed by atoms with E-state index in [1.807, 2.05) is 0 Å². The highest BCUT2D eigenvalue weighted by molar-refractivity contribution is 6.03. The lowest BCUT2D eigenvalue weighted by molar-refractivity contribution is 0.411. The molecule has 3 heterocycles. The first kappa shape index (κ1) is 26.0. The van der Waals surface area contributed by atoms with Gasteiger partial charge in [-0.15, -0.1) is 0 Å². The zero-order valence-corrected chi connectivity index (χ0v) is 26.3. The zero-order chi connectivity index (χ0) is 30.7. The molecule has 4 heteroatoms. The molecule has 10 rings (SSSR count). The van der Waals surface area contributed by atoms with Crippen molar-refractivity contribution in [3.63, 3.8) is 0 Å². The summed E-state index contributed by atoms with van der Waals surface area (Å²) in [5.41, 5.74) is 12.8. The van der Waals surface area contributed by atoms with Crippen molar-refractivity contribution in [3.8, 4) is 11.1 Å². The van der Waals surface area contributed by atoms with E-state index < -0.39 is 0 Å². The van der Waals surface area contributed by atoms with Crippen LogP contribution in [-0.2, 0) is 11.8 Å². The van der Waals surface area contributed by atoms with E-state index in [4.69, 9.17) is 4.42 Å². The first-order valence-corrected chi connectivity index (χ1v) is 16.5. The highest BCUT2D eigenvalue weighted by atomic mass is 16.4. The van der Waals surface area contributed by atoms with Gasteiger partial charge in [0.25, 0.3) is 0 Å². The zero-order valence-electron chi connectivity index (χ0n) is 26.3. The summed E-state index contributed by atoms with van der Waals surface area (Å²) in [4.78, 5) is 2.47. The van der Waals surface area contributed by atoms with Crippen molar-refractivity contribution >= 4 is 50.3 Å². The van der Waals surface area contributed by atoms with E-state index >= 15 is 0 Å². The lowest BCUT2D eigenvalue weighted by Crippen LogP contribution is -2.41. The maximum atomic E-state index is 6.54. The van der Waals surface area contributed by atoms with E-state index in [0.717, 1.165) is 35.4 Å². The third-order valence-corrected chi connectivity index (χ3v) is 11.0. The molecule has 0 amide bonds. The third-order valence-electron chi connectivity index (χ3n) is 11.0. The van der Waals surface area contributed by atoms with Crippen LogP contribution in [0.2, 0.25) is 0 Å². The number of likely N-dealkylation sites (N-methyl/N-ethyl adjacent to an activating group) is 1. The van der Waals surface area contributed by atoms with Crippen molar-refractivity contribution in [2.24, 2.45) is 0 Å². The second kappa shape index (κ2) is 9.17. The van der Waals surface area contributed by atoms with Crippen molar-refractivity contribution < 1.29 is 4.42 Å². The first-order chi connectivity index (χ1) is 22.5. The van der Waals surface area contributed by atoms with Gasteiger partial charge in [-0.25, -0.2) is 0 Å². The minimum atomic E-state index is -0.0590. The molecule has 46 heavy (non-hydrogen) atoms. The topological polar surface area (TPSA) is 33.3 Å². The number of fused-ring (bicyclic) bond motifs is 10. The van der Waals surface area contributed by atoms with Gasteiger partial charge in [0.1, 0.15) is 17.4 Å². The van der Waals surface area contributed by atoms with Crippen LogP contribution in [-0.4, -0.2) is 11.6 Å². The molecule has 2 unspecified atom stereocenters. The lowest BCUT2D eigenvalue weighted by Gasteiger charge is -2.43. The number of nitrogens with zero attached hydrogens (tertiary/aromatic N) is 2. The quantitative estimate of drug-likeness (QED) is 0.215. The first-order valence-electron chi connectivity index (χ1n) is 16.5. The normalized spacial score (nSPS) is 19.2. The van der Waals surface area contributed by atoms with Gasteiger partial charge in [0.05, 0.1) is 11.6 Å². The van der Waals surface area contributed by atoms with Crippen molar-refractivity contribution in [1.29, 1.82) is 0 Å². The maximum Gasteiger partial charge on any atom is 0.218 e. The predicted octanol–water partition coefficient (Wildman–Crippen LogP) is 10.6. The number of allylic oxidation sites excluding steroid dienone is 1. The van der Waals surface area contributed by atoms with Crippen LogP contribution in [0.15, 0.2) is 114 Å². The molecule has 2 aromatic heterocycles. The van der Waals surface area contributed by atoms with Gasteiger partial charge in [-0.05, 0) is 81.8 Å². The number of aromatic nitrogens is 1. The van der Waals surface area contributed by atoms with Gasteiger partial charge in [0, 0.05) is 34.5 Å². The monoisotopic (exact) mass is 597 g/mol. The van der Waals surface area contributed by atoms with Crippen molar-refractivity contribution in [1.82, 2.24) is 4.57 Å². The number of nitrogens with one attached hydrogen (secondary N) is 1. The van der Waals surface area contributed by atoms with Crippen LogP contribution in [0.5, 0.6) is 0 Å². The van der Waals surface area contributed by atoms with Gasteiger partial charge in [-0.3, -0.25) is 0 Å². The van der Waals surface area contributed by atoms with E-state index in [1.54, 1.807) is 0 Å². The molecule has 5 aromatic carbocycles. The molecule has 1 aliphatic heterocycles. The van der Waals surface area contributed by atoms with E-state index in [-0.39, 0.29) is 17.6 Å². The standard InChI is InChI=1S/C42H35N3O/c1-42(2)33-17-9-6-14-28(33)31-23-27(20-21-34(31)42)38-41(44(3)39-30-16-8-11-19-37(30)46-40(39)43-38)45-35-18-10-7-15-29(35)32-22-25-12-4-5-13-26(25)24-36(32)45/h4-9,11-17,19-24,38,41,43H,10,18H2,1-3H3. The summed E-state index contributed by atoms with van der Waals surface area (Å²) in [5, 5.41) is 8.98. The summed E-state index contributed by atoms with van der Waals surface area (Å²) in [6.45, 7) is 4.70. The molecule has 0 saturated carbocycles. The van der Waals surface area contributed by atoms with Crippen molar-refractivity contribution in [2.45, 2.75) is 44.3 Å². The summed E-state index contributed by atoms with van der Waals surface area (Å²) in [6, 6.07) is 38.0. The number of para-hydroxylation sites is 1. The summed E-state index contributed by atoms with van der Waals surface area (Å²) < 4.78 is 9.19.